The summed E-state index contributed by atoms with van der Waals surface area (Å²) in [6.07, 6.45) is -3.30. The molecule has 4 aromatic carbocycles. The van der Waals surface area contributed by atoms with E-state index in [4.69, 9.17) is 27.9 Å². The van der Waals surface area contributed by atoms with E-state index in [0.717, 1.165) is 29.5 Å². The predicted molar refractivity (Wildman–Crippen MR) is 274 cm³/mol. The lowest BCUT2D eigenvalue weighted by atomic mass is 10.1. The molecule has 0 atom stereocenters. The molecular formula is C51H60ClF3N14O5. The molecule has 0 saturated carbocycles. The maximum atomic E-state index is 12.0. The second-order valence-electron chi connectivity index (χ2n) is 16.5. The molecule has 0 unspecified atom stereocenters. The number of halogens is 4. The Balaban J connectivity index is 0.000000253. The summed E-state index contributed by atoms with van der Waals surface area (Å²) in [6, 6.07) is 31.9. The Kier molecular flexibility index (Phi) is 22.9. The fourth-order valence-electron chi connectivity index (χ4n) is 6.62. The van der Waals surface area contributed by atoms with Crippen molar-refractivity contribution in [2.24, 2.45) is 11.5 Å². The first-order valence-corrected chi connectivity index (χ1v) is 23.3. The molecule has 8 N–H and O–H groups in total. The van der Waals surface area contributed by atoms with Gasteiger partial charge in [0, 0.05) is 32.6 Å². The third-order valence-electron chi connectivity index (χ3n) is 10.6. The number of imide groups is 2. The van der Waals surface area contributed by atoms with Crippen molar-refractivity contribution in [3.63, 3.8) is 0 Å². The molecule has 0 spiro atoms. The van der Waals surface area contributed by atoms with Crippen molar-refractivity contribution in [2.75, 3.05) is 23.7 Å². The first kappa shape index (κ1) is 58.6. The number of anilines is 2. The number of nitrogens with zero attached hydrogens (tertiary/aromatic N) is 8. The van der Waals surface area contributed by atoms with Gasteiger partial charge in [-0.2, -0.15) is 33.1 Å². The molecule has 0 aliphatic carbocycles. The standard InChI is InChI=1S/C24H27N7O2.C16H17ClN6O2.C8H11N.C2HF3O.CH4/c1-16-2-4-17(5-3-16)10-11-20-27-21(14-31-15-22(32)30-24(31)33)29-23(28-20)26-13-19-8-6-18(12-25)7-9-19;1-2-10-3-5-11(6-4-10)7-18-15-20-12(19-14(17)22-15)8-23-9-13(24)21-16(23)25;1-7-2-4-8(6-9)5-3-7;3-2(4,5)1-6;/h2-9H,10-15,25H2,1H3,(H,30,32,33)(H,26,27,28,29);3-6H,2,7-9H2,1H3,(H,21,24,25)(H,18,19,20,22);2-5H,6,9H2,1H3;1H;1H4. The zero-order valence-electron chi connectivity index (χ0n) is 40.4. The Morgan fingerprint density at radius 2 is 0.959 bits per heavy atom. The normalized spacial score (nSPS) is 12.7. The van der Waals surface area contributed by atoms with Crippen LogP contribution in [0.3, 0.4) is 0 Å². The molecule has 6 aromatic rings. The highest BCUT2D eigenvalue weighted by Gasteiger charge is 2.29. The Bertz CT molecular complexity index is 2790. The summed E-state index contributed by atoms with van der Waals surface area (Å²) in [7, 11) is 0. The number of urea groups is 2. The van der Waals surface area contributed by atoms with Gasteiger partial charge in [0.1, 0.15) is 18.9 Å². The summed E-state index contributed by atoms with van der Waals surface area (Å²) >= 11 is 5.93. The lowest BCUT2D eigenvalue weighted by Gasteiger charge is -2.14. The maximum absolute atomic E-state index is 12.0. The Morgan fingerprint density at radius 1 is 0.581 bits per heavy atom. The number of alkyl halides is 3. The number of aryl methyl sites for hydroxylation is 5. The van der Waals surface area contributed by atoms with Crippen LogP contribution in [-0.4, -0.2) is 89.1 Å². The third-order valence-corrected chi connectivity index (χ3v) is 10.8. The van der Waals surface area contributed by atoms with Gasteiger partial charge in [0.05, 0.1) is 13.1 Å². The van der Waals surface area contributed by atoms with Crippen LogP contribution in [0.15, 0.2) is 97.1 Å². The van der Waals surface area contributed by atoms with Gasteiger partial charge in [-0.05, 0) is 71.7 Å². The number of aldehydes is 1. The van der Waals surface area contributed by atoms with E-state index in [1.54, 1.807) is 0 Å². The highest BCUT2D eigenvalue weighted by molar-refractivity contribution is 6.28. The van der Waals surface area contributed by atoms with Crippen molar-refractivity contribution in [1.82, 2.24) is 50.3 Å². The topological polar surface area (TPSA) is 269 Å². The van der Waals surface area contributed by atoms with E-state index < -0.39 is 24.5 Å². The van der Waals surface area contributed by atoms with Crippen molar-refractivity contribution >= 4 is 53.7 Å². The smallest absolute Gasteiger partial charge is 0.350 e. The fraction of sp³-hybridized carbons (Fsp3) is 0.314. The highest BCUT2D eigenvalue weighted by Crippen LogP contribution is 2.15. The first-order chi connectivity index (χ1) is 34.9. The zero-order valence-corrected chi connectivity index (χ0v) is 41.1. The van der Waals surface area contributed by atoms with Crippen LogP contribution in [0.2, 0.25) is 5.28 Å². The van der Waals surface area contributed by atoms with Crippen LogP contribution in [0.5, 0.6) is 0 Å². The molecule has 2 aliphatic rings. The van der Waals surface area contributed by atoms with Crippen molar-refractivity contribution in [3.05, 3.63) is 164 Å². The lowest BCUT2D eigenvalue weighted by Crippen LogP contribution is -2.29. The quantitative estimate of drug-likeness (QED) is 0.0436. The molecule has 8 rings (SSSR count). The van der Waals surface area contributed by atoms with E-state index in [1.165, 1.54) is 37.6 Å². The molecule has 6 amide bonds. The summed E-state index contributed by atoms with van der Waals surface area (Å²) in [5.41, 5.74) is 20.4. The number of nitrogens with one attached hydrogen (secondary N) is 4. The van der Waals surface area contributed by atoms with Gasteiger partial charge in [-0.25, -0.2) is 19.6 Å². The second kappa shape index (κ2) is 28.9. The summed E-state index contributed by atoms with van der Waals surface area (Å²) < 4.78 is 31.2. The van der Waals surface area contributed by atoms with Gasteiger partial charge in [-0.1, -0.05) is 123 Å². The van der Waals surface area contributed by atoms with Crippen LogP contribution in [0, 0.1) is 13.8 Å². The van der Waals surface area contributed by atoms with Gasteiger partial charge in [-0.3, -0.25) is 25.0 Å². The van der Waals surface area contributed by atoms with Gasteiger partial charge >= 0.3 is 18.2 Å². The van der Waals surface area contributed by atoms with Crippen molar-refractivity contribution in [1.29, 1.82) is 0 Å². The van der Waals surface area contributed by atoms with Crippen LogP contribution < -0.4 is 32.7 Å². The largest absolute Gasteiger partial charge is 0.446 e. The van der Waals surface area contributed by atoms with Crippen LogP contribution in [-0.2, 0) is 72.9 Å². The molecule has 2 aromatic heterocycles. The summed E-state index contributed by atoms with van der Waals surface area (Å²) in [5, 5.41) is 10.8. The van der Waals surface area contributed by atoms with Crippen molar-refractivity contribution < 1.29 is 37.1 Å². The fourth-order valence-corrected chi connectivity index (χ4v) is 6.79. The molecule has 19 nitrogen and oxygen atoms in total. The van der Waals surface area contributed by atoms with Gasteiger partial charge in [0.2, 0.25) is 35.3 Å². The third kappa shape index (κ3) is 20.3. The number of rotatable bonds is 16. The number of carbonyl (C=O) groups is 5. The van der Waals surface area contributed by atoms with Crippen LogP contribution in [0.1, 0.15) is 76.3 Å². The van der Waals surface area contributed by atoms with Crippen LogP contribution in [0.4, 0.5) is 34.7 Å². The molecule has 23 heteroatoms. The Hall–Kier alpha value is -7.95. The minimum atomic E-state index is -4.64. The second-order valence-corrected chi connectivity index (χ2v) is 16.8. The Labute approximate surface area is 432 Å². The number of benzene rings is 4. The number of aromatic nitrogens is 6. The minimum absolute atomic E-state index is 0. The summed E-state index contributed by atoms with van der Waals surface area (Å²) in [4.78, 5) is 83.6. The molecule has 4 heterocycles. The highest BCUT2D eigenvalue weighted by atomic mass is 35.5. The molecule has 2 aliphatic heterocycles. The molecule has 0 bridgehead atoms. The molecule has 74 heavy (non-hydrogen) atoms. The monoisotopic (exact) mass is 1040 g/mol. The van der Waals surface area contributed by atoms with E-state index in [2.05, 4.69) is 133 Å². The average Bonchev–Trinajstić information content (AvgIpc) is 3.87. The number of hydrogen-bond donors (Lipinski definition) is 6. The average molecular weight is 1040 g/mol. The summed E-state index contributed by atoms with van der Waals surface area (Å²) in [5.74, 6) is 1.47. The van der Waals surface area contributed by atoms with E-state index in [-0.39, 0.29) is 50.7 Å². The lowest BCUT2D eigenvalue weighted by molar-refractivity contribution is -0.156. The van der Waals surface area contributed by atoms with Gasteiger partial charge in [-0.15, -0.1) is 0 Å². The van der Waals surface area contributed by atoms with E-state index >= 15 is 0 Å². The van der Waals surface area contributed by atoms with Crippen LogP contribution >= 0.6 is 11.6 Å². The molecular weight excluding hydrogens is 981 g/mol. The predicted octanol–water partition coefficient (Wildman–Crippen LogP) is 6.68. The van der Waals surface area contributed by atoms with E-state index in [1.807, 2.05) is 36.4 Å². The van der Waals surface area contributed by atoms with E-state index in [9.17, 15) is 32.3 Å². The SMILES string of the molecule is C.CCc1ccc(CNc2nc(Cl)nc(CN3CC(=O)NC3=O)n2)cc1.Cc1ccc(CCc2nc(CN3CC(=O)NC3=O)nc(NCc3ccc(CN)cc3)n2)cc1.Cc1ccc(CN)cc1.O=CC(F)(F)F. The summed E-state index contributed by atoms with van der Waals surface area (Å²) in [6.45, 7) is 8.65. The molecule has 2 fully saturated rings. The Morgan fingerprint density at radius 3 is 1.36 bits per heavy atom. The zero-order chi connectivity index (χ0) is 52.9. The van der Waals surface area contributed by atoms with Gasteiger partial charge in [0.15, 0.2) is 11.6 Å². The minimum Gasteiger partial charge on any atom is -0.350 e. The maximum Gasteiger partial charge on any atom is 0.446 e. The van der Waals surface area contributed by atoms with Gasteiger partial charge in [0.25, 0.3) is 0 Å². The van der Waals surface area contributed by atoms with Crippen molar-refractivity contribution in [3.8, 4) is 0 Å². The van der Waals surface area contributed by atoms with Crippen LogP contribution in [0.25, 0.3) is 0 Å². The molecule has 2 saturated heterocycles. The molecule has 392 valence electrons. The first-order valence-electron chi connectivity index (χ1n) is 22.9. The van der Waals surface area contributed by atoms with Crippen molar-refractivity contribution in [2.45, 2.75) is 92.9 Å². The molecule has 0 radical (unpaired) electrons. The number of nitrogens with two attached hydrogens (primary N) is 2. The number of amides is 6. The van der Waals surface area contributed by atoms with Gasteiger partial charge < -0.3 is 31.9 Å². The van der Waals surface area contributed by atoms with E-state index in [0.29, 0.717) is 62.0 Å². The number of carbonyl (C=O) groups excluding carboxylic acids is 5. The number of hydrogen-bond acceptors (Lipinski definition) is 15.